The Balaban J connectivity index is 2.04. The van der Waals surface area contributed by atoms with Crippen LogP contribution in [0.25, 0.3) is 33.3 Å². The Hall–Kier alpha value is -2.62. The van der Waals surface area contributed by atoms with Crippen LogP contribution >= 0.6 is 0 Å². The monoisotopic (exact) mass is 248 g/mol. The summed E-state index contributed by atoms with van der Waals surface area (Å²) >= 11 is 0. The summed E-state index contributed by atoms with van der Waals surface area (Å²) in [5.41, 5.74) is 5.17. The summed E-state index contributed by atoms with van der Waals surface area (Å²) in [6.45, 7) is 0. The van der Waals surface area contributed by atoms with E-state index in [1.807, 2.05) is 6.07 Å². The zero-order valence-electron chi connectivity index (χ0n) is 10.5. The number of benzene rings is 1. The number of hydrogen-bond donors (Lipinski definition) is 1. The Labute approximate surface area is 109 Å². The van der Waals surface area contributed by atoms with Crippen LogP contribution in [-0.4, -0.2) is 19.5 Å². The van der Waals surface area contributed by atoms with Gasteiger partial charge in [0.05, 0.1) is 5.69 Å². The maximum Gasteiger partial charge on any atom is 0.156 e. The van der Waals surface area contributed by atoms with Gasteiger partial charge in [0.2, 0.25) is 0 Å². The van der Waals surface area contributed by atoms with E-state index in [0.29, 0.717) is 0 Å². The van der Waals surface area contributed by atoms with Gasteiger partial charge in [-0.05, 0) is 12.1 Å². The normalized spacial score (nSPS) is 11.4. The lowest BCUT2D eigenvalue weighted by molar-refractivity contribution is 0.970. The average molecular weight is 248 g/mol. The first kappa shape index (κ1) is 10.3. The summed E-state index contributed by atoms with van der Waals surface area (Å²) in [5, 5.41) is 1.23. The molecule has 92 valence electrons. The van der Waals surface area contributed by atoms with Crippen molar-refractivity contribution in [2.75, 3.05) is 0 Å². The topological polar surface area (TPSA) is 46.5 Å². The van der Waals surface area contributed by atoms with Crippen molar-refractivity contribution in [3.8, 4) is 11.3 Å². The SMILES string of the molecule is Cn1cc(-c2cc3nccnc3[nH]2)c2ccccc21. The number of aryl methyl sites for hydroxylation is 1. The molecule has 0 spiro atoms. The van der Waals surface area contributed by atoms with Gasteiger partial charge in [0.15, 0.2) is 5.65 Å². The fourth-order valence-corrected chi connectivity index (χ4v) is 2.55. The number of aromatic nitrogens is 4. The summed E-state index contributed by atoms with van der Waals surface area (Å²) in [4.78, 5) is 11.9. The van der Waals surface area contributed by atoms with E-state index in [-0.39, 0.29) is 0 Å². The van der Waals surface area contributed by atoms with Gasteiger partial charge in [-0.15, -0.1) is 0 Å². The highest BCUT2D eigenvalue weighted by Crippen LogP contribution is 2.30. The molecule has 0 aliphatic carbocycles. The van der Waals surface area contributed by atoms with Crippen molar-refractivity contribution in [2.24, 2.45) is 7.05 Å². The third-order valence-electron chi connectivity index (χ3n) is 3.45. The average Bonchev–Trinajstić information content (AvgIpc) is 3.01. The van der Waals surface area contributed by atoms with Crippen molar-refractivity contribution < 1.29 is 0 Å². The zero-order chi connectivity index (χ0) is 12.8. The molecule has 0 saturated heterocycles. The maximum atomic E-state index is 4.31. The van der Waals surface area contributed by atoms with Crippen LogP contribution in [-0.2, 0) is 7.05 Å². The minimum absolute atomic E-state index is 0.824. The van der Waals surface area contributed by atoms with E-state index in [0.717, 1.165) is 16.9 Å². The summed E-state index contributed by atoms with van der Waals surface area (Å²) in [6, 6.07) is 10.4. The summed E-state index contributed by atoms with van der Waals surface area (Å²) in [6.07, 6.45) is 5.55. The molecule has 3 heterocycles. The second-order valence-corrected chi connectivity index (χ2v) is 4.64. The zero-order valence-corrected chi connectivity index (χ0v) is 10.5. The Kier molecular flexibility index (Phi) is 2.00. The third kappa shape index (κ3) is 1.46. The molecule has 3 aromatic heterocycles. The molecule has 0 unspecified atom stereocenters. The lowest BCUT2D eigenvalue weighted by Crippen LogP contribution is -1.81. The molecule has 0 fully saturated rings. The number of H-pyrrole nitrogens is 1. The van der Waals surface area contributed by atoms with Crippen molar-refractivity contribution in [3.63, 3.8) is 0 Å². The van der Waals surface area contributed by atoms with Crippen LogP contribution in [0.3, 0.4) is 0 Å². The summed E-state index contributed by atoms with van der Waals surface area (Å²) in [7, 11) is 2.06. The quantitative estimate of drug-likeness (QED) is 0.562. The number of fused-ring (bicyclic) bond motifs is 2. The van der Waals surface area contributed by atoms with Crippen LogP contribution in [0.1, 0.15) is 0 Å². The van der Waals surface area contributed by atoms with E-state index in [4.69, 9.17) is 0 Å². The Morgan fingerprint density at radius 2 is 1.95 bits per heavy atom. The molecule has 0 atom stereocenters. The van der Waals surface area contributed by atoms with E-state index in [1.54, 1.807) is 12.4 Å². The van der Waals surface area contributed by atoms with Crippen LogP contribution < -0.4 is 0 Å². The van der Waals surface area contributed by atoms with Gasteiger partial charge in [0, 0.05) is 42.1 Å². The lowest BCUT2D eigenvalue weighted by Gasteiger charge is -1.94. The highest BCUT2D eigenvalue weighted by Gasteiger charge is 2.11. The second-order valence-electron chi connectivity index (χ2n) is 4.64. The number of para-hydroxylation sites is 1. The van der Waals surface area contributed by atoms with Gasteiger partial charge < -0.3 is 9.55 Å². The highest BCUT2D eigenvalue weighted by atomic mass is 14.9. The molecule has 0 aliphatic rings. The number of rotatable bonds is 1. The predicted molar refractivity (Wildman–Crippen MR) is 75.8 cm³/mol. The van der Waals surface area contributed by atoms with Gasteiger partial charge in [0.1, 0.15) is 5.52 Å². The molecule has 0 aliphatic heterocycles. The van der Waals surface area contributed by atoms with Crippen LogP contribution in [0, 0.1) is 0 Å². The molecule has 1 N–H and O–H groups in total. The molecule has 0 amide bonds. The molecular weight excluding hydrogens is 236 g/mol. The van der Waals surface area contributed by atoms with E-state index >= 15 is 0 Å². The lowest BCUT2D eigenvalue weighted by atomic mass is 10.1. The van der Waals surface area contributed by atoms with Crippen LogP contribution in [0.5, 0.6) is 0 Å². The first-order valence-corrected chi connectivity index (χ1v) is 6.17. The molecule has 4 aromatic rings. The number of nitrogens with one attached hydrogen (secondary N) is 1. The van der Waals surface area contributed by atoms with E-state index in [1.165, 1.54) is 16.5 Å². The van der Waals surface area contributed by atoms with Crippen molar-refractivity contribution >= 4 is 22.1 Å². The van der Waals surface area contributed by atoms with Crippen LogP contribution in [0.15, 0.2) is 48.9 Å². The molecule has 4 heteroatoms. The predicted octanol–water partition coefficient (Wildman–Crippen LogP) is 3.12. The fourth-order valence-electron chi connectivity index (χ4n) is 2.55. The van der Waals surface area contributed by atoms with Crippen LogP contribution in [0.2, 0.25) is 0 Å². The molecule has 1 aromatic carbocycles. The number of nitrogens with zero attached hydrogens (tertiary/aromatic N) is 3. The second kappa shape index (κ2) is 3.68. The van der Waals surface area contributed by atoms with Gasteiger partial charge in [-0.1, -0.05) is 18.2 Å². The Bertz CT molecular complexity index is 852. The van der Waals surface area contributed by atoms with Crippen molar-refractivity contribution in [1.82, 2.24) is 19.5 Å². The maximum absolute atomic E-state index is 4.31. The molecular formula is C15H12N4. The third-order valence-corrected chi connectivity index (χ3v) is 3.45. The van der Waals surface area contributed by atoms with E-state index in [9.17, 15) is 0 Å². The van der Waals surface area contributed by atoms with Gasteiger partial charge in [-0.3, -0.25) is 4.98 Å². The summed E-state index contributed by atoms with van der Waals surface area (Å²) < 4.78 is 2.14. The number of aromatic amines is 1. The minimum atomic E-state index is 0.824. The Morgan fingerprint density at radius 3 is 2.84 bits per heavy atom. The first-order valence-electron chi connectivity index (χ1n) is 6.17. The van der Waals surface area contributed by atoms with Crippen molar-refractivity contribution in [1.29, 1.82) is 0 Å². The van der Waals surface area contributed by atoms with Crippen molar-refractivity contribution in [3.05, 3.63) is 48.9 Å². The summed E-state index contributed by atoms with van der Waals surface area (Å²) in [5.74, 6) is 0. The van der Waals surface area contributed by atoms with E-state index < -0.39 is 0 Å². The van der Waals surface area contributed by atoms with Crippen molar-refractivity contribution in [2.45, 2.75) is 0 Å². The molecule has 0 saturated carbocycles. The molecule has 0 radical (unpaired) electrons. The van der Waals surface area contributed by atoms with E-state index in [2.05, 4.69) is 57.0 Å². The minimum Gasteiger partial charge on any atom is -0.350 e. The largest absolute Gasteiger partial charge is 0.350 e. The smallest absolute Gasteiger partial charge is 0.156 e. The van der Waals surface area contributed by atoms with Gasteiger partial charge >= 0.3 is 0 Å². The first-order chi connectivity index (χ1) is 9.33. The van der Waals surface area contributed by atoms with Crippen LogP contribution in [0.4, 0.5) is 0 Å². The Morgan fingerprint density at radius 1 is 1.11 bits per heavy atom. The van der Waals surface area contributed by atoms with Gasteiger partial charge in [0.25, 0.3) is 0 Å². The molecule has 19 heavy (non-hydrogen) atoms. The highest BCUT2D eigenvalue weighted by molar-refractivity contribution is 5.97. The van der Waals surface area contributed by atoms with Gasteiger partial charge in [-0.25, -0.2) is 4.98 Å². The fraction of sp³-hybridized carbons (Fsp3) is 0.0667. The van der Waals surface area contributed by atoms with Gasteiger partial charge in [-0.2, -0.15) is 0 Å². The molecule has 4 nitrogen and oxygen atoms in total. The molecule has 4 rings (SSSR count). The number of hydrogen-bond acceptors (Lipinski definition) is 2. The molecule has 0 bridgehead atoms. The standard InChI is InChI=1S/C15H12N4/c1-19-9-11(10-4-2-3-5-14(10)19)12-8-13-15(18-12)17-7-6-16-13/h2-9H,1H3,(H,17,18).